The molecule has 1 N–H and O–H groups in total. The molecule has 0 fully saturated rings. The molecule has 0 atom stereocenters. The lowest BCUT2D eigenvalue weighted by atomic mass is 10.1. The van der Waals surface area contributed by atoms with Crippen LogP contribution in [0.15, 0.2) is 24.3 Å². The van der Waals surface area contributed by atoms with E-state index in [-0.39, 0.29) is 11.6 Å². The number of anilines is 2. The van der Waals surface area contributed by atoms with E-state index in [9.17, 15) is 8.78 Å². The third kappa shape index (κ3) is 2.75. The minimum Gasteiger partial charge on any atom is -0.355 e. The van der Waals surface area contributed by atoms with E-state index in [1.807, 2.05) is 0 Å². The van der Waals surface area contributed by atoms with Crippen LogP contribution in [0.25, 0.3) is 0 Å². The molecule has 0 saturated heterocycles. The molecule has 0 spiro atoms. The summed E-state index contributed by atoms with van der Waals surface area (Å²) in [6.45, 7) is 6.92. The second-order valence-corrected chi connectivity index (χ2v) is 4.97. The average Bonchev–Trinajstić information content (AvgIpc) is 2.33. The quantitative estimate of drug-likeness (QED) is 0.807. The highest BCUT2D eigenvalue weighted by atomic mass is 19.1. The van der Waals surface area contributed by atoms with Crippen molar-refractivity contribution in [1.29, 1.82) is 0 Å². The molecule has 0 radical (unpaired) electrons. The Kier molecular flexibility index (Phi) is 3.56. The van der Waals surface area contributed by atoms with E-state index in [1.54, 1.807) is 52.0 Å². The van der Waals surface area contributed by atoms with Crippen LogP contribution in [0.5, 0.6) is 0 Å². The van der Waals surface area contributed by atoms with Gasteiger partial charge in [0.2, 0.25) is 0 Å². The molecule has 2 rings (SSSR count). The smallest absolute Gasteiger partial charge is 0.129 e. The molecule has 0 bridgehead atoms. The molecule has 2 aromatic carbocycles. The van der Waals surface area contributed by atoms with Gasteiger partial charge < -0.3 is 5.32 Å². The number of aryl methyl sites for hydroxylation is 4. The monoisotopic (exact) mass is 261 g/mol. The van der Waals surface area contributed by atoms with Gasteiger partial charge in [-0.05, 0) is 74.2 Å². The zero-order valence-electron chi connectivity index (χ0n) is 11.6. The summed E-state index contributed by atoms with van der Waals surface area (Å²) in [6.07, 6.45) is 0. The van der Waals surface area contributed by atoms with Crippen LogP contribution in [0, 0.1) is 39.3 Å². The van der Waals surface area contributed by atoms with Crippen molar-refractivity contribution in [2.45, 2.75) is 27.7 Å². The van der Waals surface area contributed by atoms with E-state index in [0.29, 0.717) is 22.3 Å². The molecular weight excluding hydrogens is 244 g/mol. The van der Waals surface area contributed by atoms with Crippen LogP contribution in [-0.2, 0) is 0 Å². The van der Waals surface area contributed by atoms with E-state index in [2.05, 4.69) is 5.32 Å². The summed E-state index contributed by atoms with van der Waals surface area (Å²) in [5.74, 6) is -0.367. The first-order chi connectivity index (χ1) is 8.88. The molecule has 0 aromatic heterocycles. The lowest BCUT2D eigenvalue weighted by molar-refractivity contribution is 0.609. The molecule has 2 aromatic rings. The SMILES string of the molecule is Cc1cc(Nc2cc(C)c(F)c(C)c2)cc(C)c1F. The molecule has 3 heteroatoms. The van der Waals surface area contributed by atoms with E-state index >= 15 is 0 Å². The average molecular weight is 261 g/mol. The lowest BCUT2D eigenvalue weighted by Gasteiger charge is -2.12. The van der Waals surface area contributed by atoms with Gasteiger partial charge in [0, 0.05) is 11.4 Å². The van der Waals surface area contributed by atoms with Crippen molar-refractivity contribution >= 4 is 11.4 Å². The van der Waals surface area contributed by atoms with Crippen LogP contribution in [-0.4, -0.2) is 0 Å². The van der Waals surface area contributed by atoms with Crippen LogP contribution in [0.1, 0.15) is 22.3 Å². The van der Waals surface area contributed by atoms with Gasteiger partial charge in [0.15, 0.2) is 0 Å². The molecule has 19 heavy (non-hydrogen) atoms. The third-order valence-electron chi connectivity index (χ3n) is 3.16. The topological polar surface area (TPSA) is 12.0 Å². The van der Waals surface area contributed by atoms with Crippen LogP contribution in [0.2, 0.25) is 0 Å². The number of hydrogen-bond donors (Lipinski definition) is 1. The van der Waals surface area contributed by atoms with Gasteiger partial charge in [-0.25, -0.2) is 8.78 Å². The van der Waals surface area contributed by atoms with Crippen molar-refractivity contribution in [2.24, 2.45) is 0 Å². The van der Waals surface area contributed by atoms with Crippen molar-refractivity contribution in [3.63, 3.8) is 0 Å². The van der Waals surface area contributed by atoms with Crippen LogP contribution in [0.4, 0.5) is 20.2 Å². The fraction of sp³-hybridized carbons (Fsp3) is 0.250. The second-order valence-electron chi connectivity index (χ2n) is 4.97. The Morgan fingerprint density at radius 2 is 0.895 bits per heavy atom. The van der Waals surface area contributed by atoms with Gasteiger partial charge >= 0.3 is 0 Å². The third-order valence-corrected chi connectivity index (χ3v) is 3.16. The summed E-state index contributed by atoms with van der Waals surface area (Å²) in [5, 5.41) is 3.19. The van der Waals surface area contributed by atoms with Gasteiger partial charge in [-0.3, -0.25) is 0 Å². The highest BCUT2D eigenvalue weighted by molar-refractivity contribution is 5.63. The Bertz CT molecular complexity index is 531. The Balaban J connectivity index is 2.36. The summed E-state index contributed by atoms with van der Waals surface area (Å²) in [6, 6.07) is 6.99. The number of benzene rings is 2. The Labute approximate surface area is 112 Å². The number of rotatable bonds is 2. The molecule has 0 heterocycles. The van der Waals surface area contributed by atoms with E-state index < -0.39 is 0 Å². The zero-order valence-corrected chi connectivity index (χ0v) is 11.6. The van der Waals surface area contributed by atoms with Crippen LogP contribution < -0.4 is 5.32 Å². The first-order valence-electron chi connectivity index (χ1n) is 6.19. The van der Waals surface area contributed by atoms with Gasteiger partial charge in [-0.1, -0.05) is 0 Å². The van der Waals surface area contributed by atoms with E-state index in [1.165, 1.54) is 0 Å². The molecule has 100 valence electrons. The molecule has 0 unspecified atom stereocenters. The molecule has 0 saturated carbocycles. The molecule has 0 aliphatic carbocycles. The minimum atomic E-state index is -0.183. The first kappa shape index (κ1) is 13.5. The molecule has 0 aliphatic rings. The molecule has 1 nitrogen and oxygen atoms in total. The Morgan fingerprint density at radius 3 is 1.16 bits per heavy atom. The van der Waals surface area contributed by atoms with Gasteiger partial charge in [0.1, 0.15) is 11.6 Å². The predicted molar refractivity (Wildman–Crippen MR) is 75.0 cm³/mol. The fourth-order valence-corrected chi connectivity index (χ4v) is 2.20. The van der Waals surface area contributed by atoms with Crippen molar-refractivity contribution in [3.8, 4) is 0 Å². The van der Waals surface area contributed by atoms with Gasteiger partial charge in [-0.2, -0.15) is 0 Å². The van der Waals surface area contributed by atoms with Crippen molar-refractivity contribution < 1.29 is 8.78 Å². The zero-order chi connectivity index (χ0) is 14.2. The van der Waals surface area contributed by atoms with E-state index in [4.69, 9.17) is 0 Å². The van der Waals surface area contributed by atoms with Crippen molar-refractivity contribution in [1.82, 2.24) is 0 Å². The number of hydrogen-bond acceptors (Lipinski definition) is 1. The highest BCUT2D eigenvalue weighted by Gasteiger charge is 2.07. The van der Waals surface area contributed by atoms with Gasteiger partial charge in [0.05, 0.1) is 0 Å². The predicted octanol–water partition coefficient (Wildman–Crippen LogP) is 4.94. The summed E-state index contributed by atoms with van der Waals surface area (Å²) in [5.41, 5.74) is 4.00. The first-order valence-corrected chi connectivity index (χ1v) is 6.19. The molecule has 0 amide bonds. The minimum absolute atomic E-state index is 0.183. The Hall–Kier alpha value is -1.90. The van der Waals surface area contributed by atoms with Gasteiger partial charge in [0.25, 0.3) is 0 Å². The van der Waals surface area contributed by atoms with Crippen LogP contribution in [0.3, 0.4) is 0 Å². The summed E-state index contributed by atoms with van der Waals surface area (Å²) < 4.78 is 27.1. The van der Waals surface area contributed by atoms with Crippen molar-refractivity contribution in [3.05, 3.63) is 58.2 Å². The largest absolute Gasteiger partial charge is 0.355 e. The summed E-state index contributed by atoms with van der Waals surface area (Å²) in [7, 11) is 0. The standard InChI is InChI=1S/C16H17F2N/c1-9-5-13(6-10(2)15(9)17)19-14-7-11(3)16(18)12(4)8-14/h5-8,19H,1-4H3. The summed E-state index contributed by atoms with van der Waals surface area (Å²) >= 11 is 0. The normalized spacial score (nSPS) is 10.6. The lowest BCUT2D eigenvalue weighted by Crippen LogP contribution is -1.97. The maximum absolute atomic E-state index is 13.6. The molecule has 0 aliphatic heterocycles. The maximum atomic E-state index is 13.6. The number of halogens is 2. The van der Waals surface area contributed by atoms with E-state index in [0.717, 1.165) is 11.4 Å². The second kappa shape index (κ2) is 5.00. The number of nitrogens with one attached hydrogen (secondary N) is 1. The summed E-state index contributed by atoms with van der Waals surface area (Å²) in [4.78, 5) is 0. The fourth-order valence-electron chi connectivity index (χ4n) is 2.20. The highest BCUT2D eigenvalue weighted by Crippen LogP contribution is 2.25. The van der Waals surface area contributed by atoms with Crippen LogP contribution >= 0.6 is 0 Å². The Morgan fingerprint density at radius 1 is 0.632 bits per heavy atom. The van der Waals surface area contributed by atoms with Gasteiger partial charge in [-0.15, -0.1) is 0 Å². The maximum Gasteiger partial charge on any atom is 0.129 e. The van der Waals surface area contributed by atoms with Crippen molar-refractivity contribution in [2.75, 3.05) is 5.32 Å². The molecular formula is C16H17F2N.